The van der Waals surface area contributed by atoms with Crippen LogP contribution in [0.4, 0.5) is 0 Å². The lowest BCUT2D eigenvalue weighted by atomic mass is 10.2. The highest BCUT2D eigenvalue weighted by atomic mass is 16.6. The van der Waals surface area contributed by atoms with Crippen LogP contribution in [0.25, 0.3) is 0 Å². The third kappa shape index (κ3) is 0.956. The number of hydrogen-bond donors (Lipinski definition) is 1. The first-order valence-electron chi connectivity index (χ1n) is 3.41. The van der Waals surface area contributed by atoms with Crippen LogP contribution >= 0.6 is 0 Å². The summed E-state index contributed by atoms with van der Waals surface area (Å²) in [7, 11) is 0. The van der Waals surface area contributed by atoms with E-state index in [4.69, 9.17) is 9.47 Å². The van der Waals surface area contributed by atoms with Crippen molar-refractivity contribution in [3.8, 4) is 0 Å². The zero-order valence-corrected chi connectivity index (χ0v) is 5.30. The van der Waals surface area contributed by atoms with Crippen molar-refractivity contribution in [1.29, 1.82) is 0 Å². The molecule has 3 heteroatoms. The lowest BCUT2D eigenvalue weighted by Gasteiger charge is -2.24. The molecule has 1 N–H and O–H groups in total. The molecule has 2 rings (SSSR count). The Balaban J connectivity index is 1.97. The van der Waals surface area contributed by atoms with Crippen LogP contribution in [0.1, 0.15) is 0 Å². The molecule has 0 aromatic carbocycles. The predicted molar refractivity (Wildman–Crippen MR) is 32.3 cm³/mol. The number of nitrogens with one attached hydrogen (secondary N) is 1. The summed E-state index contributed by atoms with van der Waals surface area (Å²) >= 11 is 0. The van der Waals surface area contributed by atoms with E-state index in [9.17, 15) is 0 Å². The van der Waals surface area contributed by atoms with Gasteiger partial charge in [0, 0.05) is 13.1 Å². The monoisotopic (exact) mass is 129 g/mol. The van der Waals surface area contributed by atoms with Crippen LogP contribution in [0.15, 0.2) is 0 Å². The van der Waals surface area contributed by atoms with Crippen molar-refractivity contribution in [2.45, 2.75) is 12.2 Å². The highest BCUT2D eigenvalue weighted by molar-refractivity contribution is 4.84. The van der Waals surface area contributed by atoms with Gasteiger partial charge >= 0.3 is 0 Å². The van der Waals surface area contributed by atoms with E-state index in [0.717, 1.165) is 26.3 Å². The van der Waals surface area contributed by atoms with E-state index in [1.807, 2.05) is 0 Å². The molecule has 2 atom stereocenters. The van der Waals surface area contributed by atoms with Crippen LogP contribution in [0.5, 0.6) is 0 Å². The van der Waals surface area contributed by atoms with Gasteiger partial charge < -0.3 is 14.8 Å². The predicted octanol–water partition coefficient (Wildman–Crippen LogP) is -0.626. The van der Waals surface area contributed by atoms with E-state index in [1.54, 1.807) is 0 Å². The van der Waals surface area contributed by atoms with Crippen molar-refractivity contribution in [1.82, 2.24) is 5.32 Å². The van der Waals surface area contributed by atoms with E-state index in [-0.39, 0.29) is 0 Å². The smallest absolute Gasteiger partial charge is 0.0974 e. The first-order chi connectivity index (χ1) is 4.47. The molecule has 2 fully saturated rings. The quantitative estimate of drug-likeness (QED) is 0.472. The topological polar surface area (TPSA) is 30.5 Å². The molecule has 52 valence electrons. The summed E-state index contributed by atoms with van der Waals surface area (Å²) in [5.41, 5.74) is 0. The minimum absolute atomic E-state index is 0.332. The minimum Gasteiger partial charge on any atom is -0.372 e. The highest BCUT2D eigenvalue weighted by Crippen LogP contribution is 2.12. The molecule has 0 radical (unpaired) electrons. The Hall–Kier alpha value is -0.120. The van der Waals surface area contributed by atoms with Gasteiger partial charge in [0.05, 0.1) is 25.4 Å². The number of rotatable bonds is 0. The number of fused-ring (bicyclic) bond motifs is 1. The molecule has 2 heterocycles. The summed E-state index contributed by atoms with van der Waals surface area (Å²) in [6.07, 6.45) is 0.664. The van der Waals surface area contributed by atoms with Gasteiger partial charge in [-0.3, -0.25) is 0 Å². The summed E-state index contributed by atoms with van der Waals surface area (Å²) in [6, 6.07) is 0. The van der Waals surface area contributed by atoms with Gasteiger partial charge in [-0.05, 0) is 0 Å². The van der Waals surface area contributed by atoms with E-state index in [2.05, 4.69) is 5.32 Å². The lowest BCUT2D eigenvalue weighted by Crippen LogP contribution is -2.36. The van der Waals surface area contributed by atoms with Crippen molar-refractivity contribution in [2.24, 2.45) is 0 Å². The maximum absolute atomic E-state index is 5.41. The van der Waals surface area contributed by atoms with Gasteiger partial charge in [0.25, 0.3) is 0 Å². The van der Waals surface area contributed by atoms with Crippen LogP contribution in [0, 0.1) is 0 Å². The summed E-state index contributed by atoms with van der Waals surface area (Å²) in [5, 5.41) is 3.21. The van der Waals surface area contributed by atoms with Crippen LogP contribution < -0.4 is 5.32 Å². The molecule has 0 aromatic rings. The van der Waals surface area contributed by atoms with Gasteiger partial charge in [0.1, 0.15) is 0 Å². The van der Waals surface area contributed by atoms with Crippen LogP contribution in [0.2, 0.25) is 0 Å². The molecule has 2 aliphatic rings. The lowest BCUT2D eigenvalue weighted by molar-refractivity contribution is -0.116. The van der Waals surface area contributed by atoms with Crippen LogP contribution in [-0.4, -0.2) is 38.5 Å². The van der Waals surface area contributed by atoms with Gasteiger partial charge in [0.15, 0.2) is 0 Å². The average molecular weight is 129 g/mol. The molecule has 2 aliphatic heterocycles. The van der Waals surface area contributed by atoms with Gasteiger partial charge in [0.2, 0.25) is 0 Å². The van der Waals surface area contributed by atoms with Crippen molar-refractivity contribution < 1.29 is 9.47 Å². The molecule has 0 bridgehead atoms. The van der Waals surface area contributed by atoms with Gasteiger partial charge in [-0.15, -0.1) is 0 Å². The normalized spacial score (nSPS) is 42.7. The van der Waals surface area contributed by atoms with E-state index < -0.39 is 0 Å². The van der Waals surface area contributed by atoms with Crippen LogP contribution in [0.3, 0.4) is 0 Å². The Morgan fingerprint density at radius 2 is 1.56 bits per heavy atom. The van der Waals surface area contributed by atoms with Gasteiger partial charge in [-0.2, -0.15) is 0 Å². The standard InChI is InChI=1S/C6H11NO2/c1-2-9-6-4-7-3-5(6)8-1/h5-7H,1-4H2/t5-,6?/m0/s1. The summed E-state index contributed by atoms with van der Waals surface area (Å²) in [6.45, 7) is 3.46. The first kappa shape index (κ1) is 5.65. The second-order valence-electron chi connectivity index (χ2n) is 2.48. The van der Waals surface area contributed by atoms with E-state index in [0.29, 0.717) is 12.2 Å². The molecule has 0 aromatic heterocycles. The molecular formula is C6H11NO2. The molecule has 0 amide bonds. The SMILES string of the molecule is C1CO[C@H]2CNCC2O1. The van der Waals surface area contributed by atoms with Crippen molar-refractivity contribution in [2.75, 3.05) is 26.3 Å². The van der Waals surface area contributed by atoms with Crippen molar-refractivity contribution in [3.63, 3.8) is 0 Å². The Morgan fingerprint density at radius 1 is 1.00 bits per heavy atom. The Labute approximate surface area is 54.3 Å². The maximum Gasteiger partial charge on any atom is 0.0974 e. The van der Waals surface area contributed by atoms with Gasteiger partial charge in [-0.1, -0.05) is 0 Å². The fourth-order valence-corrected chi connectivity index (χ4v) is 1.36. The highest BCUT2D eigenvalue weighted by Gasteiger charge is 2.30. The number of hydrogen-bond acceptors (Lipinski definition) is 3. The number of ether oxygens (including phenoxy) is 2. The molecule has 3 nitrogen and oxygen atoms in total. The summed E-state index contributed by atoms with van der Waals surface area (Å²) < 4.78 is 10.8. The zero-order valence-electron chi connectivity index (χ0n) is 5.30. The van der Waals surface area contributed by atoms with Crippen molar-refractivity contribution in [3.05, 3.63) is 0 Å². The molecule has 9 heavy (non-hydrogen) atoms. The first-order valence-corrected chi connectivity index (χ1v) is 3.41. The second kappa shape index (κ2) is 2.25. The molecular weight excluding hydrogens is 118 g/mol. The van der Waals surface area contributed by atoms with Crippen molar-refractivity contribution >= 4 is 0 Å². The third-order valence-corrected chi connectivity index (χ3v) is 1.85. The Kier molecular flexibility index (Phi) is 1.41. The third-order valence-electron chi connectivity index (χ3n) is 1.85. The fourth-order valence-electron chi connectivity index (χ4n) is 1.36. The van der Waals surface area contributed by atoms with E-state index in [1.165, 1.54) is 0 Å². The largest absolute Gasteiger partial charge is 0.372 e. The molecule has 0 aliphatic carbocycles. The van der Waals surface area contributed by atoms with E-state index >= 15 is 0 Å². The molecule has 0 spiro atoms. The zero-order chi connectivity index (χ0) is 6.10. The molecule has 0 saturated carbocycles. The average Bonchev–Trinajstić information content (AvgIpc) is 2.33. The Bertz CT molecular complexity index is 95.2. The minimum atomic E-state index is 0.332. The molecule has 2 saturated heterocycles. The second-order valence-corrected chi connectivity index (χ2v) is 2.48. The maximum atomic E-state index is 5.41. The molecule has 1 unspecified atom stereocenters. The fraction of sp³-hybridized carbons (Fsp3) is 1.00. The summed E-state index contributed by atoms with van der Waals surface area (Å²) in [5.74, 6) is 0. The van der Waals surface area contributed by atoms with Crippen LogP contribution in [-0.2, 0) is 9.47 Å². The van der Waals surface area contributed by atoms with Gasteiger partial charge in [-0.25, -0.2) is 0 Å². The summed E-state index contributed by atoms with van der Waals surface area (Å²) in [4.78, 5) is 0. The Morgan fingerprint density at radius 3 is 2.11 bits per heavy atom.